The summed E-state index contributed by atoms with van der Waals surface area (Å²) in [5.74, 6) is -1.68. The Kier molecular flexibility index (Phi) is 4.19. The van der Waals surface area contributed by atoms with Crippen LogP contribution in [0.4, 0.5) is 4.39 Å². The fraction of sp³-hybridized carbons (Fsp3) is 0.385. The first-order chi connectivity index (χ1) is 8.97. The van der Waals surface area contributed by atoms with Crippen molar-refractivity contribution in [2.75, 3.05) is 0 Å². The standard InChI is InChI=1S/C13H13BrFNO3/c14-9-4-3-8(5-10(9)15)13(19)16-11(6-12(17)18)7-1-2-7/h3-5,7,11H,1-2,6H2,(H,16,19)(H,17,18). The highest BCUT2D eigenvalue weighted by atomic mass is 79.9. The van der Waals surface area contributed by atoms with Gasteiger partial charge in [0.15, 0.2) is 0 Å². The zero-order valence-electron chi connectivity index (χ0n) is 10.0. The molecule has 0 aromatic heterocycles. The number of rotatable bonds is 5. The van der Waals surface area contributed by atoms with Crippen molar-refractivity contribution in [3.05, 3.63) is 34.1 Å². The summed E-state index contributed by atoms with van der Waals surface area (Å²) in [4.78, 5) is 22.7. The smallest absolute Gasteiger partial charge is 0.305 e. The molecule has 0 spiro atoms. The highest BCUT2D eigenvalue weighted by Gasteiger charge is 2.33. The molecule has 0 aliphatic heterocycles. The molecule has 0 heterocycles. The summed E-state index contributed by atoms with van der Waals surface area (Å²) < 4.78 is 13.6. The van der Waals surface area contributed by atoms with Crippen molar-refractivity contribution in [1.82, 2.24) is 5.32 Å². The topological polar surface area (TPSA) is 66.4 Å². The molecule has 6 heteroatoms. The van der Waals surface area contributed by atoms with Crippen LogP contribution >= 0.6 is 15.9 Å². The van der Waals surface area contributed by atoms with Crippen LogP contribution in [0, 0.1) is 11.7 Å². The molecule has 1 aliphatic rings. The number of nitrogens with one attached hydrogen (secondary N) is 1. The molecule has 2 rings (SSSR count). The SMILES string of the molecule is O=C(O)CC(NC(=O)c1ccc(Br)c(F)c1)C1CC1. The summed E-state index contributed by atoms with van der Waals surface area (Å²) in [7, 11) is 0. The minimum absolute atomic E-state index is 0.102. The van der Waals surface area contributed by atoms with Gasteiger partial charge in [-0.3, -0.25) is 9.59 Å². The van der Waals surface area contributed by atoms with Crippen LogP contribution in [0.2, 0.25) is 0 Å². The molecule has 1 atom stereocenters. The first-order valence-electron chi connectivity index (χ1n) is 5.95. The number of benzene rings is 1. The first kappa shape index (κ1) is 14.0. The lowest BCUT2D eigenvalue weighted by molar-refractivity contribution is -0.137. The zero-order chi connectivity index (χ0) is 14.0. The molecule has 0 bridgehead atoms. The number of carbonyl (C=O) groups excluding carboxylic acids is 1. The van der Waals surface area contributed by atoms with Gasteiger partial charge in [0.1, 0.15) is 5.82 Å². The van der Waals surface area contributed by atoms with Crippen LogP contribution in [0.25, 0.3) is 0 Å². The molecule has 102 valence electrons. The molecule has 0 saturated heterocycles. The van der Waals surface area contributed by atoms with Crippen LogP contribution in [-0.2, 0) is 4.79 Å². The Morgan fingerprint density at radius 1 is 1.47 bits per heavy atom. The largest absolute Gasteiger partial charge is 0.481 e. The second kappa shape index (κ2) is 5.69. The van der Waals surface area contributed by atoms with Crippen molar-refractivity contribution in [3.8, 4) is 0 Å². The lowest BCUT2D eigenvalue weighted by Gasteiger charge is -2.16. The van der Waals surface area contributed by atoms with Crippen molar-refractivity contribution in [3.63, 3.8) is 0 Å². The Morgan fingerprint density at radius 2 is 2.16 bits per heavy atom. The van der Waals surface area contributed by atoms with Crippen LogP contribution < -0.4 is 5.32 Å². The molecular formula is C13H13BrFNO3. The van der Waals surface area contributed by atoms with E-state index in [9.17, 15) is 14.0 Å². The van der Waals surface area contributed by atoms with E-state index in [1.807, 2.05) is 0 Å². The maximum atomic E-state index is 13.3. The Hall–Kier alpha value is -1.43. The first-order valence-corrected chi connectivity index (χ1v) is 6.74. The van der Waals surface area contributed by atoms with Gasteiger partial charge in [-0.1, -0.05) is 0 Å². The van der Waals surface area contributed by atoms with E-state index in [2.05, 4.69) is 21.2 Å². The Labute approximate surface area is 118 Å². The van der Waals surface area contributed by atoms with Crippen molar-refractivity contribution >= 4 is 27.8 Å². The van der Waals surface area contributed by atoms with Gasteiger partial charge in [-0.05, 0) is 52.9 Å². The Balaban J connectivity index is 2.05. The van der Waals surface area contributed by atoms with Crippen molar-refractivity contribution in [2.24, 2.45) is 5.92 Å². The maximum absolute atomic E-state index is 13.3. The molecule has 19 heavy (non-hydrogen) atoms. The zero-order valence-corrected chi connectivity index (χ0v) is 11.6. The van der Waals surface area contributed by atoms with Crippen molar-refractivity contribution in [2.45, 2.75) is 25.3 Å². The van der Waals surface area contributed by atoms with E-state index in [4.69, 9.17) is 5.11 Å². The molecule has 1 aliphatic carbocycles. The number of hydrogen-bond donors (Lipinski definition) is 2. The van der Waals surface area contributed by atoms with Gasteiger partial charge in [-0.25, -0.2) is 4.39 Å². The van der Waals surface area contributed by atoms with Gasteiger partial charge in [-0.15, -0.1) is 0 Å². The molecular weight excluding hydrogens is 317 g/mol. The van der Waals surface area contributed by atoms with E-state index in [0.29, 0.717) is 0 Å². The predicted octanol–water partition coefficient (Wildman–Crippen LogP) is 2.57. The summed E-state index contributed by atoms with van der Waals surface area (Å²) in [5.41, 5.74) is 0.191. The van der Waals surface area contributed by atoms with Crippen LogP contribution in [0.1, 0.15) is 29.6 Å². The molecule has 0 radical (unpaired) electrons. The summed E-state index contributed by atoms with van der Waals surface area (Å²) >= 11 is 3.01. The Bertz CT molecular complexity index is 517. The van der Waals surface area contributed by atoms with Crippen molar-refractivity contribution in [1.29, 1.82) is 0 Å². The van der Waals surface area contributed by atoms with Crippen LogP contribution in [-0.4, -0.2) is 23.0 Å². The van der Waals surface area contributed by atoms with Crippen LogP contribution in [0.15, 0.2) is 22.7 Å². The predicted molar refractivity (Wildman–Crippen MR) is 70.3 cm³/mol. The molecule has 4 nitrogen and oxygen atoms in total. The number of hydrogen-bond acceptors (Lipinski definition) is 2. The fourth-order valence-corrected chi connectivity index (χ4v) is 2.16. The van der Waals surface area contributed by atoms with E-state index < -0.39 is 17.7 Å². The summed E-state index contributed by atoms with van der Waals surface area (Å²) in [5, 5.41) is 11.5. The average molecular weight is 330 g/mol. The highest BCUT2D eigenvalue weighted by molar-refractivity contribution is 9.10. The maximum Gasteiger partial charge on any atom is 0.305 e. The van der Waals surface area contributed by atoms with Gasteiger partial charge in [-0.2, -0.15) is 0 Å². The molecule has 1 saturated carbocycles. The number of aliphatic carboxylic acids is 1. The molecule has 2 N–H and O–H groups in total. The normalized spacial score (nSPS) is 15.9. The lowest BCUT2D eigenvalue weighted by Crippen LogP contribution is -2.38. The third kappa shape index (κ3) is 3.76. The fourth-order valence-electron chi connectivity index (χ4n) is 1.91. The highest BCUT2D eigenvalue weighted by Crippen LogP contribution is 2.34. The number of halogens is 2. The third-order valence-electron chi connectivity index (χ3n) is 3.08. The lowest BCUT2D eigenvalue weighted by atomic mass is 10.1. The number of amides is 1. The van der Waals surface area contributed by atoms with Crippen LogP contribution in [0.3, 0.4) is 0 Å². The molecule has 1 fully saturated rings. The van der Waals surface area contributed by atoms with Gasteiger partial charge in [0.05, 0.1) is 10.9 Å². The van der Waals surface area contributed by atoms with E-state index in [-0.39, 0.29) is 28.4 Å². The molecule has 1 unspecified atom stereocenters. The molecule has 1 aromatic rings. The minimum atomic E-state index is -0.945. The monoisotopic (exact) mass is 329 g/mol. The molecule has 1 amide bonds. The minimum Gasteiger partial charge on any atom is -0.481 e. The third-order valence-corrected chi connectivity index (χ3v) is 3.73. The van der Waals surface area contributed by atoms with Gasteiger partial charge in [0.2, 0.25) is 0 Å². The van der Waals surface area contributed by atoms with Gasteiger partial charge < -0.3 is 10.4 Å². The van der Waals surface area contributed by atoms with E-state index in [0.717, 1.165) is 18.9 Å². The van der Waals surface area contributed by atoms with Gasteiger partial charge in [0.25, 0.3) is 5.91 Å². The van der Waals surface area contributed by atoms with Crippen LogP contribution in [0.5, 0.6) is 0 Å². The number of carbonyl (C=O) groups is 2. The number of carboxylic acid groups (broad SMARTS) is 1. The van der Waals surface area contributed by atoms with E-state index >= 15 is 0 Å². The second-order valence-electron chi connectivity index (χ2n) is 4.64. The average Bonchev–Trinajstić information content (AvgIpc) is 3.15. The van der Waals surface area contributed by atoms with Gasteiger partial charge in [0, 0.05) is 11.6 Å². The Morgan fingerprint density at radius 3 is 2.68 bits per heavy atom. The van der Waals surface area contributed by atoms with Gasteiger partial charge >= 0.3 is 5.97 Å². The van der Waals surface area contributed by atoms with E-state index in [1.165, 1.54) is 12.1 Å². The summed E-state index contributed by atoms with van der Waals surface area (Å²) in [6.07, 6.45) is 1.75. The second-order valence-corrected chi connectivity index (χ2v) is 5.50. The quantitative estimate of drug-likeness (QED) is 0.872. The summed E-state index contributed by atoms with van der Waals surface area (Å²) in [6.45, 7) is 0. The van der Waals surface area contributed by atoms with E-state index in [1.54, 1.807) is 0 Å². The van der Waals surface area contributed by atoms with Crippen molar-refractivity contribution < 1.29 is 19.1 Å². The molecule has 1 aromatic carbocycles. The summed E-state index contributed by atoms with van der Waals surface area (Å²) in [6, 6.07) is 3.70. The number of carboxylic acids is 1.